The second-order valence-electron chi connectivity index (χ2n) is 3.70. The first-order valence-electron chi connectivity index (χ1n) is 5.28. The van der Waals surface area contributed by atoms with E-state index in [0.29, 0.717) is 0 Å². The number of aromatic carboxylic acids is 1. The van der Waals surface area contributed by atoms with Crippen molar-refractivity contribution >= 4 is 11.7 Å². The number of hydrogen-bond donors (Lipinski definition) is 2. The molecule has 2 N–H and O–H groups in total. The summed E-state index contributed by atoms with van der Waals surface area (Å²) in [4.78, 5) is 18.3. The summed E-state index contributed by atoms with van der Waals surface area (Å²) in [5.41, 5.74) is 0.367. The Labute approximate surface area is 106 Å². The summed E-state index contributed by atoms with van der Waals surface area (Å²) in [7, 11) is 0. The van der Waals surface area contributed by atoms with Gasteiger partial charge in [0.25, 0.3) is 0 Å². The predicted molar refractivity (Wildman–Crippen MR) is 62.7 cm³/mol. The van der Waals surface area contributed by atoms with Gasteiger partial charge in [0.05, 0.1) is 12.2 Å². The van der Waals surface area contributed by atoms with E-state index in [-0.39, 0.29) is 23.5 Å². The van der Waals surface area contributed by atoms with Crippen molar-refractivity contribution in [2.45, 2.75) is 6.54 Å². The van der Waals surface area contributed by atoms with Crippen molar-refractivity contribution in [1.82, 2.24) is 9.97 Å². The zero-order valence-electron chi connectivity index (χ0n) is 9.60. The highest BCUT2D eigenvalue weighted by atomic mass is 19.1. The van der Waals surface area contributed by atoms with Gasteiger partial charge in [-0.3, -0.25) is 0 Å². The molecule has 7 heteroatoms. The molecule has 98 valence electrons. The number of anilines is 1. The monoisotopic (exact) mass is 265 g/mol. The number of nitrogens with one attached hydrogen (secondary N) is 1. The maximum Gasteiger partial charge on any atom is 0.339 e. The van der Waals surface area contributed by atoms with Gasteiger partial charge in [-0.25, -0.2) is 23.5 Å². The molecule has 2 aromatic rings. The zero-order valence-corrected chi connectivity index (χ0v) is 9.60. The third-order valence-electron chi connectivity index (χ3n) is 2.35. The Morgan fingerprint density at radius 2 is 1.95 bits per heavy atom. The Balaban J connectivity index is 2.16. The van der Waals surface area contributed by atoms with Gasteiger partial charge in [0.1, 0.15) is 23.5 Å². The Bertz CT molecular complexity index is 599. The lowest BCUT2D eigenvalue weighted by Gasteiger charge is -2.08. The van der Waals surface area contributed by atoms with Gasteiger partial charge >= 0.3 is 5.97 Å². The summed E-state index contributed by atoms with van der Waals surface area (Å²) in [6, 6.07) is 2.95. The summed E-state index contributed by atoms with van der Waals surface area (Å²) in [6.07, 6.45) is 2.37. The van der Waals surface area contributed by atoms with Crippen LogP contribution in [0.2, 0.25) is 0 Å². The summed E-state index contributed by atoms with van der Waals surface area (Å²) >= 11 is 0. The topological polar surface area (TPSA) is 75.1 Å². The van der Waals surface area contributed by atoms with Crippen LogP contribution in [0, 0.1) is 11.6 Å². The Hall–Kier alpha value is -2.57. The zero-order chi connectivity index (χ0) is 13.8. The van der Waals surface area contributed by atoms with Crippen LogP contribution in [0.25, 0.3) is 0 Å². The molecule has 0 saturated heterocycles. The molecule has 0 atom stereocenters. The van der Waals surface area contributed by atoms with Gasteiger partial charge in [0.2, 0.25) is 0 Å². The van der Waals surface area contributed by atoms with Crippen LogP contribution in [0.5, 0.6) is 0 Å². The van der Waals surface area contributed by atoms with Crippen molar-refractivity contribution in [3.8, 4) is 0 Å². The molecule has 0 saturated carbocycles. The van der Waals surface area contributed by atoms with E-state index in [2.05, 4.69) is 15.3 Å². The van der Waals surface area contributed by atoms with Crippen molar-refractivity contribution in [3.05, 3.63) is 53.6 Å². The van der Waals surface area contributed by atoms with Crippen molar-refractivity contribution in [1.29, 1.82) is 0 Å². The molecule has 0 unspecified atom stereocenters. The van der Waals surface area contributed by atoms with Crippen LogP contribution in [-0.4, -0.2) is 21.0 Å². The Morgan fingerprint density at radius 1 is 1.26 bits per heavy atom. The van der Waals surface area contributed by atoms with E-state index >= 15 is 0 Å². The van der Waals surface area contributed by atoms with Crippen LogP contribution in [0.3, 0.4) is 0 Å². The lowest BCUT2D eigenvalue weighted by Crippen LogP contribution is -2.10. The van der Waals surface area contributed by atoms with E-state index < -0.39 is 17.6 Å². The molecular formula is C12H9F2N3O2. The molecular weight excluding hydrogens is 256 g/mol. The lowest BCUT2D eigenvalue weighted by atomic mass is 10.2. The van der Waals surface area contributed by atoms with Crippen molar-refractivity contribution in [2.75, 3.05) is 5.32 Å². The summed E-state index contributed by atoms with van der Waals surface area (Å²) in [6.45, 7) is 0.0209. The first-order chi connectivity index (χ1) is 9.06. The lowest BCUT2D eigenvalue weighted by molar-refractivity contribution is 0.0694. The quantitative estimate of drug-likeness (QED) is 0.885. The van der Waals surface area contributed by atoms with Crippen LogP contribution in [0.4, 0.5) is 14.5 Å². The fourth-order valence-electron chi connectivity index (χ4n) is 1.52. The number of benzene rings is 1. The van der Waals surface area contributed by atoms with Crippen LogP contribution < -0.4 is 5.32 Å². The molecule has 2 rings (SSSR count). The normalized spacial score (nSPS) is 10.2. The average Bonchev–Trinajstić information content (AvgIpc) is 2.35. The number of carbonyl (C=O) groups is 1. The predicted octanol–water partition coefficient (Wildman–Crippen LogP) is 2.07. The largest absolute Gasteiger partial charge is 0.478 e. The van der Waals surface area contributed by atoms with Crippen molar-refractivity contribution in [3.63, 3.8) is 0 Å². The number of halogens is 2. The second-order valence-corrected chi connectivity index (χ2v) is 3.70. The van der Waals surface area contributed by atoms with Crippen LogP contribution in [0.15, 0.2) is 30.7 Å². The first-order valence-corrected chi connectivity index (χ1v) is 5.28. The number of carboxylic acid groups (broad SMARTS) is 1. The SMILES string of the molecule is O=C(O)c1cncnc1CNc1cc(F)cc(F)c1. The minimum atomic E-state index is -1.16. The van der Waals surface area contributed by atoms with Gasteiger partial charge in [0.15, 0.2) is 0 Å². The van der Waals surface area contributed by atoms with E-state index in [1.807, 2.05) is 0 Å². The van der Waals surface area contributed by atoms with Crippen LogP contribution >= 0.6 is 0 Å². The molecule has 1 aromatic carbocycles. The van der Waals surface area contributed by atoms with Gasteiger partial charge in [-0.15, -0.1) is 0 Å². The molecule has 0 aliphatic rings. The molecule has 0 aliphatic carbocycles. The molecule has 19 heavy (non-hydrogen) atoms. The van der Waals surface area contributed by atoms with Gasteiger partial charge in [-0.2, -0.15) is 0 Å². The van der Waals surface area contributed by atoms with Crippen LogP contribution in [-0.2, 0) is 6.54 Å². The number of rotatable bonds is 4. The van der Waals surface area contributed by atoms with E-state index in [1.165, 1.54) is 12.5 Å². The van der Waals surface area contributed by atoms with Gasteiger partial charge in [0, 0.05) is 18.0 Å². The molecule has 0 fully saturated rings. The molecule has 0 aliphatic heterocycles. The van der Waals surface area contributed by atoms with E-state index in [0.717, 1.165) is 18.2 Å². The second kappa shape index (κ2) is 5.38. The molecule has 5 nitrogen and oxygen atoms in total. The summed E-state index contributed by atoms with van der Waals surface area (Å²) in [5, 5.41) is 11.6. The molecule has 1 aromatic heterocycles. The van der Waals surface area contributed by atoms with Crippen LogP contribution in [0.1, 0.15) is 16.1 Å². The van der Waals surface area contributed by atoms with E-state index in [1.54, 1.807) is 0 Å². The molecule has 0 bridgehead atoms. The minimum Gasteiger partial charge on any atom is -0.478 e. The number of nitrogens with zero attached hydrogens (tertiary/aromatic N) is 2. The van der Waals surface area contributed by atoms with E-state index in [9.17, 15) is 13.6 Å². The van der Waals surface area contributed by atoms with Gasteiger partial charge < -0.3 is 10.4 Å². The molecule has 0 spiro atoms. The Kier molecular flexibility index (Phi) is 3.65. The van der Waals surface area contributed by atoms with Gasteiger partial charge in [-0.1, -0.05) is 0 Å². The smallest absolute Gasteiger partial charge is 0.339 e. The summed E-state index contributed by atoms with van der Waals surface area (Å²) in [5.74, 6) is -2.60. The highest BCUT2D eigenvalue weighted by Gasteiger charge is 2.11. The number of hydrogen-bond acceptors (Lipinski definition) is 4. The first kappa shape index (κ1) is 12.9. The minimum absolute atomic E-state index is 0.0209. The maximum atomic E-state index is 13.0. The molecule has 1 heterocycles. The van der Waals surface area contributed by atoms with E-state index in [4.69, 9.17) is 5.11 Å². The number of aromatic nitrogens is 2. The third kappa shape index (κ3) is 3.21. The highest BCUT2D eigenvalue weighted by Crippen LogP contribution is 2.14. The number of carboxylic acids is 1. The van der Waals surface area contributed by atoms with Crippen molar-refractivity contribution < 1.29 is 18.7 Å². The fourth-order valence-corrected chi connectivity index (χ4v) is 1.52. The molecule has 0 radical (unpaired) electrons. The Morgan fingerprint density at radius 3 is 2.58 bits per heavy atom. The summed E-state index contributed by atoms with van der Waals surface area (Å²) < 4.78 is 25.9. The third-order valence-corrected chi connectivity index (χ3v) is 2.35. The molecule has 0 amide bonds. The standard InChI is InChI=1S/C12H9F2N3O2/c13-7-1-8(14)3-9(2-7)16-5-11-10(12(18)19)4-15-6-17-11/h1-4,6,16H,5H2,(H,18,19). The average molecular weight is 265 g/mol. The van der Waals surface area contributed by atoms with Crippen molar-refractivity contribution in [2.24, 2.45) is 0 Å². The maximum absolute atomic E-state index is 13.0. The highest BCUT2D eigenvalue weighted by molar-refractivity contribution is 5.88. The van der Waals surface area contributed by atoms with Gasteiger partial charge in [-0.05, 0) is 12.1 Å². The fraction of sp³-hybridized carbons (Fsp3) is 0.0833.